The topological polar surface area (TPSA) is 24.7 Å². The molecule has 0 unspecified atom stereocenters. The van der Waals surface area contributed by atoms with E-state index in [1.807, 2.05) is 60.7 Å². The Morgan fingerprint density at radius 1 is 0.625 bits per heavy atom. The standard InChI is InChI=1S/C12H10N2.HI.K/c1-3-7-11(8-4-1)13-14-12-9-5-2-6-10-12;;/h1-10H;1H;/q;;+1/p-1/b14-13+;;. The monoisotopic (exact) mass is 348 g/mol. The van der Waals surface area contributed by atoms with E-state index < -0.39 is 0 Å². The van der Waals surface area contributed by atoms with Gasteiger partial charge in [-0.2, -0.15) is 10.2 Å². The molecule has 0 spiro atoms. The zero-order valence-electron chi connectivity index (χ0n) is 9.05. The largest absolute Gasteiger partial charge is 0.151 e. The average Bonchev–Trinajstić information content (AvgIpc) is 2.41. The second kappa shape index (κ2) is 9.44. The van der Waals surface area contributed by atoms with E-state index in [9.17, 15) is 0 Å². The average molecular weight is 348 g/mol. The fraction of sp³-hybridized carbons (Fsp3) is 0. The molecule has 0 radical (unpaired) electrons. The third-order valence-electron chi connectivity index (χ3n) is 1.79. The molecule has 0 aliphatic carbocycles. The van der Waals surface area contributed by atoms with Crippen molar-refractivity contribution in [3.63, 3.8) is 0 Å². The number of benzene rings is 2. The van der Waals surface area contributed by atoms with Gasteiger partial charge in [0.05, 0.1) is 11.4 Å². The van der Waals surface area contributed by atoms with Crippen molar-refractivity contribution >= 4 is 65.4 Å². The van der Waals surface area contributed by atoms with E-state index in [0.717, 1.165) is 54.1 Å². The van der Waals surface area contributed by atoms with Crippen molar-refractivity contribution in [2.75, 3.05) is 0 Å². The molecule has 2 aromatic rings. The first-order chi connectivity index (χ1) is 7.95. The van der Waals surface area contributed by atoms with Crippen molar-refractivity contribution in [1.82, 2.24) is 0 Å². The van der Waals surface area contributed by atoms with Gasteiger partial charge < -0.3 is 0 Å². The summed E-state index contributed by atoms with van der Waals surface area (Å²) in [6.45, 7) is 0. The van der Waals surface area contributed by atoms with Gasteiger partial charge >= 0.3 is 54.0 Å². The predicted octanol–water partition coefficient (Wildman–Crippen LogP) is 4.61. The van der Waals surface area contributed by atoms with Crippen LogP contribution in [0.1, 0.15) is 0 Å². The molecule has 0 heterocycles. The first-order valence-electron chi connectivity index (χ1n) is 4.85. The molecule has 2 nitrogen and oxygen atoms in total. The van der Waals surface area contributed by atoms with Crippen molar-refractivity contribution in [3.05, 3.63) is 60.7 Å². The Bertz CT molecular complexity index is 376. The Labute approximate surface area is 134 Å². The van der Waals surface area contributed by atoms with Crippen molar-refractivity contribution < 1.29 is 0 Å². The molecule has 0 aliphatic rings. The van der Waals surface area contributed by atoms with Gasteiger partial charge in [-0.25, -0.2) is 0 Å². The minimum Gasteiger partial charge on any atom is -0.151 e. The number of rotatable bonds is 2. The van der Waals surface area contributed by atoms with E-state index in [2.05, 4.69) is 21.5 Å². The maximum atomic E-state index is 4.10. The number of hydrogen-bond acceptors (Lipinski definition) is 2. The molecular weight excluding hydrogens is 338 g/mol. The van der Waals surface area contributed by atoms with Crippen LogP contribution in [0.15, 0.2) is 70.9 Å². The summed E-state index contributed by atoms with van der Waals surface area (Å²) in [5.41, 5.74) is 1.74. The smallest absolute Gasteiger partial charge is 0.0857 e. The molecule has 0 aliphatic heterocycles. The molecule has 0 N–H and O–H groups in total. The van der Waals surface area contributed by atoms with Crippen LogP contribution in [-0.4, -0.2) is 42.7 Å². The molecule has 0 bridgehead atoms. The van der Waals surface area contributed by atoms with E-state index in [0.29, 0.717) is 0 Å². The molecule has 0 atom stereocenters. The Kier molecular flexibility index (Phi) is 8.53. The van der Waals surface area contributed by atoms with Gasteiger partial charge in [0.2, 0.25) is 0 Å². The second-order valence-electron chi connectivity index (χ2n) is 2.87. The van der Waals surface area contributed by atoms with Crippen LogP contribution in [0.2, 0.25) is 0 Å². The van der Waals surface area contributed by atoms with Gasteiger partial charge in [0, 0.05) is 0 Å². The van der Waals surface area contributed by atoms with Crippen LogP contribution in [0.4, 0.5) is 11.4 Å². The quantitative estimate of drug-likeness (QED) is 0.430. The zero-order valence-corrected chi connectivity index (χ0v) is 14.3. The number of halogens is 1. The third-order valence-corrected chi connectivity index (χ3v) is 1.79. The van der Waals surface area contributed by atoms with Gasteiger partial charge in [-0.05, 0) is 24.3 Å². The molecule has 76 valence electrons. The van der Waals surface area contributed by atoms with Crippen LogP contribution < -0.4 is 0 Å². The van der Waals surface area contributed by atoms with Crippen LogP contribution in [0, 0.1) is 0 Å². The van der Waals surface area contributed by atoms with Crippen molar-refractivity contribution in [1.29, 1.82) is 0 Å². The summed E-state index contributed by atoms with van der Waals surface area (Å²) in [5.74, 6) is 0. The molecule has 0 fully saturated rings. The fourth-order valence-corrected chi connectivity index (χ4v) is 1.10. The number of azo groups is 1. The van der Waals surface area contributed by atoms with Gasteiger partial charge in [0.15, 0.2) is 0 Å². The maximum Gasteiger partial charge on any atom is 0.0857 e. The van der Waals surface area contributed by atoms with Gasteiger partial charge in [0.1, 0.15) is 0 Å². The van der Waals surface area contributed by atoms with Gasteiger partial charge in [-0.3, -0.25) is 0 Å². The van der Waals surface area contributed by atoms with Crippen molar-refractivity contribution in [3.8, 4) is 0 Å². The van der Waals surface area contributed by atoms with Crippen LogP contribution in [-0.2, 0) is 0 Å². The SMILES string of the molecule is [K][I].c1ccc(/N=N/c2ccccc2)cc1. The van der Waals surface area contributed by atoms with Crippen LogP contribution >= 0.6 is 11.3 Å². The first kappa shape index (κ1) is 14.5. The summed E-state index contributed by atoms with van der Waals surface area (Å²) in [5, 5.41) is 8.20. The molecular formula is C12H10IKN2. The third kappa shape index (κ3) is 5.65. The van der Waals surface area contributed by atoms with Crippen LogP contribution in [0.5, 0.6) is 0 Å². The minimum absolute atomic E-state index is 0.872. The van der Waals surface area contributed by atoms with E-state index >= 15 is 0 Å². The molecule has 0 saturated carbocycles. The normalized spacial score (nSPS) is 9.69. The Morgan fingerprint density at radius 2 is 0.938 bits per heavy atom. The van der Waals surface area contributed by atoms with Gasteiger partial charge in [-0.15, -0.1) is 0 Å². The fourth-order valence-electron chi connectivity index (χ4n) is 1.10. The summed E-state index contributed by atoms with van der Waals surface area (Å²) in [7, 11) is 0. The summed E-state index contributed by atoms with van der Waals surface area (Å²) in [6, 6.07) is 19.4. The van der Waals surface area contributed by atoms with Gasteiger partial charge in [0.25, 0.3) is 0 Å². The number of nitrogens with zero attached hydrogens (tertiary/aromatic N) is 2. The number of hydrogen-bond donors (Lipinski definition) is 0. The maximum absolute atomic E-state index is 4.10. The molecule has 0 amide bonds. The zero-order chi connectivity index (χ0) is 11.6. The summed E-state index contributed by atoms with van der Waals surface area (Å²) >= 11 is 3.37. The molecule has 2 aromatic carbocycles. The molecule has 0 saturated heterocycles. The second-order valence-corrected chi connectivity index (χ2v) is 2.87. The van der Waals surface area contributed by atoms with E-state index in [1.165, 1.54) is 0 Å². The first-order valence-corrected chi connectivity index (χ1v) is 14.9. The van der Waals surface area contributed by atoms with Crippen molar-refractivity contribution in [2.45, 2.75) is 0 Å². The predicted molar refractivity (Wildman–Crippen MR) is 76.8 cm³/mol. The van der Waals surface area contributed by atoms with E-state index in [-0.39, 0.29) is 0 Å². The Balaban J connectivity index is 0.000000606. The Hall–Kier alpha value is 0.406. The molecule has 16 heavy (non-hydrogen) atoms. The van der Waals surface area contributed by atoms with E-state index in [1.54, 1.807) is 0 Å². The van der Waals surface area contributed by atoms with Crippen LogP contribution in [0.25, 0.3) is 0 Å². The van der Waals surface area contributed by atoms with Crippen molar-refractivity contribution in [2.24, 2.45) is 10.2 Å². The molecule has 2 rings (SSSR count). The minimum atomic E-state index is 0.872. The summed E-state index contributed by atoms with van der Waals surface area (Å²) < 4.78 is 0. The van der Waals surface area contributed by atoms with E-state index in [4.69, 9.17) is 0 Å². The molecule has 0 aromatic heterocycles. The van der Waals surface area contributed by atoms with Crippen LogP contribution in [0.3, 0.4) is 0 Å². The Morgan fingerprint density at radius 3 is 1.25 bits per heavy atom. The summed E-state index contributed by atoms with van der Waals surface area (Å²) in [4.78, 5) is 0. The summed E-state index contributed by atoms with van der Waals surface area (Å²) in [6.07, 6.45) is 0. The van der Waals surface area contributed by atoms with Gasteiger partial charge in [-0.1, -0.05) is 36.4 Å². The molecule has 4 heteroatoms.